The standard InChI is InChI=1S/C15H20N2/c1-15(2,11-16)17-10-12-7-8-13-5-3-4-6-14(13)9-12/h7-9,17H,3-6,10H2,1-2H3. The molecule has 2 nitrogen and oxygen atoms in total. The lowest BCUT2D eigenvalue weighted by Crippen LogP contribution is -2.36. The smallest absolute Gasteiger partial charge is 0.101 e. The number of rotatable bonds is 3. The Bertz CT molecular complexity index is 441. The van der Waals surface area contributed by atoms with Crippen LogP contribution in [0.4, 0.5) is 0 Å². The fraction of sp³-hybridized carbons (Fsp3) is 0.533. The molecule has 1 aliphatic rings. The normalized spacial score (nSPS) is 15.1. The van der Waals surface area contributed by atoms with E-state index in [-0.39, 0.29) is 0 Å². The zero-order chi connectivity index (χ0) is 12.3. The second-order valence-corrected chi connectivity index (χ2v) is 5.40. The van der Waals surface area contributed by atoms with E-state index in [0.717, 1.165) is 6.54 Å². The molecule has 0 unspecified atom stereocenters. The van der Waals surface area contributed by atoms with Crippen molar-refractivity contribution in [3.8, 4) is 6.07 Å². The van der Waals surface area contributed by atoms with Crippen molar-refractivity contribution >= 4 is 0 Å². The maximum absolute atomic E-state index is 8.95. The summed E-state index contributed by atoms with van der Waals surface area (Å²) in [7, 11) is 0. The van der Waals surface area contributed by atoms with Gasteiger partial charge in [-0.2, -0.15) is 5.26 Å². The summed E-state index contributed by atoms with van der Waals surface area (Å²) in [5.74, 6) is 0. The second kappa shape index (κ2) is 4.89. The summed E-state index contributed by atoms with van der Waals surface area (Å²) in [6.07, 6.45) is 5.08. The Morgan fingerprint density at radius 2 is 1.94 bits per heavy atom. The van der Waals surface area contributed by atoms with E-state index in [1.165, 1.54) is 42.4 Å². The van der Waals surface area contributed by atoms with Crippen LogP contribution in [0, 0.1) is 11.3 Å². The van der Waals surface area contributed by atoms with E-state index in [9.17, 15) is 0 Å². The van der Waals surface area contributed by atoms with Crippen LogP contribution in [0.3, 0.4) is 0 Å². The highest BCUT2D eigenvalue weighted by Crippen LogP contribution is 2.22. The largest absolute Gasteiger partial charge is 0.296 e. The van der Waals surface area contributed by atoms with E-state index in [4.69, 9.17) is 5.26 Å². The molecule has 0 atom stereocenters. The number of nitriles is 1. The summed E-state index contributed by atoms with van der Waals surface area (Å²) in [5.41, 5.74) is 3.86. The number of aryl methyl sites for hydroxylation is 2. The number of hydrogen-bond acceptors (Lipinski definition) is 2. The molecule has 0 radical (unpaired) electrons. The van der Waals surface area contributed by atoms with Gasteiger partial charge in [0.1, 0.15) is 5.54 Å². The Morgan fingerprint density at radius 3 is 2.65 bits per heavy atom. The molecule has 90 valence electrons. The number of nitrogens with one attached hydrogen (secondary N) is 1. The number of fused-ring (bicyclic) bond motifs is 1. The quantitative estimate of drug-likeness (QED) is 0.863. The van der Waals surface area contributed by atoms with Crippen LogP contribution in [0.1, 0.15) is 43.4 Å². The predicted octanol–water partition coefficient (Wildman–Crippen LogP) is 2.96. The summed E-state index contributed by atoms with van der Waals surface area (Å²) < 4.78 is 0. The Labute approximate surface area is 104 Å². The van der Waals surface area contributed by atoms with E-state index in [2.05, 4.69) is 29.6 Å². The van der Waals surface area contributed by atoms with Gasteiger partial charge in [-0.15, -0.1) is 0 Å². The van der Waals surface area contributed by atoms with Crippen molar-refractivity contribution in [3.63, 3.8) is 0 Å². The first-order valence-electron chi connectivity index (χ1n) is 6.38. The van der Waals surface area contributed by atoms with Gasteiger partial charge in [0.15, 0.2) is 0 Å². The Hall–Kier alpha value is -1.33. The van der Waals surface area contributed by atoms with E-state index >= 15 is 0 Å². The Morgan fingerprint density at radius 1 is 1.24 bits per heavy atom. The first-order valence-corrected chi connectivity index (χ1v) is 6.38. The van der Waals surface area contributed by atoms with Crippen LogP contribution in [0.25, 0.3) is 0 Å². The third-order valence-electron chi connectivity index (χ3n) is 3.43. The van der Waals surface area contributed by atoms with E-state index in [0.29, 0.717) is 0 Å². The van der Waals surface area contributed by atoms with Gasteiger partial charge >= 0.3 is 0 Å². The van der Waals surface area contributed by atoms with Crippen molar-refractivity contribution in [3.05, 3.63) is 34.9 Å². The monoisotopic (exact) mass is 228 g/mol. The van der Waals surface area contributed by atoms with Gasteiger partial charge in [0.25, 0.3) is 0 Å². The molecule has 2 rings (SSSR count). The highest BCUT2D eigenvalue weighted by atomic mass is 14.9. The van der Waals surface area contributed by atoms with Crippen molar-refractivity contribution in [2.24, 2.45) is 0 Å². The van der Waals surface area contributed by atoms with E-state index < -0.39 is 5.54 Å². The molecule has 0 spiro atoms. The minimum atomic E-state index is -0.449. The summed E-state index contributed by atoms with van der Waals surface area (Å²) in [6, 6.07) is 9.00. The molecule has 0 fully saturated rings. The number of benzene rings is 1. The van der Waals surface area contributed by atoms with Crippen LogP contribution in [0.15, 0.2) is 18.2 Å². The minimum absolute atomic E-state index is 0.449. The summed E-state index contributed by atoms with van der Waals surface area (Å²) in [5, 5.41) is 12.2. The summed E-state index contributed by atoms with van der Waals surface area (Å²) in [4.78, 5) is 0. The maximum Gasteiger partial charge on any atom is 0.101 e. The van der Waals surface area contributed by atoms with Crippen molar-refractivity contribution in [1.82, 2.24) is 5.32 Å². The van der Waals surface area contributed by atoms with Crippen LogP contribution in [-0.4, -0.2) is 5.54 Å². The van der Waals surface area contributed by atoms with Gasteiger partial charge in [0.05, 0.1) is 6.07 Å². The van der Waals surface area contributed by atoms with Crippen molar-refractivity contribution in [1.29, 1.82) is 5.26 Å². The maximum atomic E-state index is 8.95. The molecular formula is C15H20N2. The molecule has 0 saturated carbocycles. The van der Waals surface area contributed by atoms with Crippen LogP contribution in [-0.2, 0) is 19.4 Å². The second-order valence-electron chi connectivity index (χ2n) is 5.40. The SMILES string of the molecule is CC(C)(C#N)NCc1ccc2c(c1)CCCC2. The molecule has 0 saturated heterocycles. The summed E-state index contributed by atoms with van der Waals surface area (Å²) >= 11 is 0. The fourth-order valence-corrected chi connectivity index (χ4v) is 2.26. The first-order chi connectivity index (χ1) is 8.11. The van der Waals surface area contributed by atoms with Crippen LogP contribution >= 0.6 is 0 Å². The van der Waals surface area contributed by atoms with Crippen LogP contribution in [0.2, 0.25) is 0 Å². The van der Waals surface area contributed by atoms with Gasteiger partial charge in [-0.1, -0.05) is 18.2 Å². The van der Waals surface area contributed by atoms with Gasteiger partial charge in [-0.3, -0.25) is 5.32 Å². The predicted molar refractivity (Wildman–Crippen MR) is 69.6 cm³/mol. The molecular weight excluding hydrogens is 208 g/mol. The lowest BCUT2D eigenvalue weighted by Gasteiger charge is -2.20. The molecule has 1 aliphatic carbocycles. The molecule has 17 heavy (non-hydrogen) atoms. The third kappa shape index (κ3) is 3.08. The zero-order valence-corrected chi connectivity index (χ0v) is 10.7. The van der Waals surface area contributed by atoms with E-state index in [1.54, 1.807) is 0 Å². The van der Waals surface area contributed by atoms with Gasteiger partial charge in [0, 0.05) is 6.54 Å². The van der Waals surface area contributed by atoms with Gasteiger partial charge in [-0.05, 0) is 56.2 Å². The molecule has 0 bridgehead atoms. The van der Waals surface area contributed by atoms with Gasteiger partial charge in [0.2, 0.25) is 0 Å². The van der Waals surface area contributed by atoms with Crippen LogP contribution in [0.5, 0.6) is 0 Å². The lowest BCUT2D eigenvalue weighted by molar-refractivity contribution is 0.485. The minimum Gasteiger partial charge on any atom is -0.296 e. The highest BCUT2D eigenvalue weighted by Gasteiger charge is 2.15. The van der Waals surface area contributed by atoms with Crippen molar-refractivity contribution in [2.45, 2.75) is 51.6 Å². The zero-order valence-electron chi connectivity index (χ0n) is 10.7. The molecule has 0 amide bonds. The fourth-order valence-electron chi connectivity index (χ4n) is 2.26. The summed E-state index contributed by atoms with van der Waals surface area (Å²) in [6.45, 7) is 4.59. The molecule has 2 heteroatoms. The molecule has 0 heterocycles. The third-order valence-corrected chi connectivity index (χ3v) is 3.43. The lowest BCUT2D eigenvalue weighted by atomic mass is 9.90. The van der Waals surface area contributed by atoms with Gasteiger partial charge < -0.3 is 0 Å². The number of hydrogen-bond donors (Lipinski definition) is 1. The molecule has 0 aromatic heterocycles. The average molecular weight is 228 g/mol. The first kappa shape index (κ1) is 12.1. The molecule has 0 aliphatic heterocycles. The van der Waals surface area contributed by atoms with Gasteiger partial charge in [-0.25, -0.2) is 0 Å². The van der Waals surface area contributed by atoms with Crippen LogP contribution < -0.4 is 5.32 Å². The average Bonchev–Trinajstić information content (AvgIpc) is 2.36. The molecule has 1 aromatic rings. The molecule has 1 N–H and O–H groups in total. The highest BCUT2D eigenvalue weighted by molar-refractivity contribution is 5.33. The molecule has 1 aromatic carbocycles. The Balaban J connectivity index is 2.05. The van der Waals surface area contributed by atoms with E-state index in [1.807, 2.05) is 13.8 Å². The topological polar surface area (TPSA) is 35.8 Å². The van der Waals surface area contributed by atoms with Crippen molar-refractivity contribution < 1.29 is 0 Å². The van der Waals surface area contributed by atoms with Crippen molar-refractivity contribution in [2.75, 3.05) is 0 Å². The Kier molecular flexibility index (Phi) is 3.49. The number of nitrogens with zero attached hydrogens (tertiary/aromatic N) is 1.